The van der Waals surface area contributed by atoms with E-state index in [-0.39, 0.29) is 6.54 Å². The van der Waals surface area contributed by atoms with Crippen LogP contribution in [-0.2, 0) is 15.1 Å². The molecule has 2 N–H and O–H groups in total. The molecule has 1 aliphatic heterocycles. The molecule has 1 saturated heterocycles. The largest absolute Gasteiger partial charge is 0.325 e. The van der Waals surface area contributed by atoms with Crippen LogP contribution in [0.25, 0.3) is 11.3 Å². The first-order valence-corrected chi connectivity index (χ1v) is 10.7. The summed E-state index contributed by atoms with van der Waals surface area (Å²) in [6, 6.07) is 14.4. The summed E-state index contributed by atoms with van der Waals surface area (Å²) in [5.41, 5.74) is 3.55. The maximum atomic E-state index is 12.9. The normalized spacial score (nSPS) is 18.2. The number of amides is 4. The van der Waals surface area contributed by atoms with Gasteiger partial charge in [-0.3, -0.25) is 14.5 Å². The van der Waals surface area contributed by atoms with Gasteiger partial charge in [0.05, 0.1) is 5.69 Å². The van der Waals surface area contributed by atoms with Gasteiger partial charge in [-0.15, -0.1) is 11.3 Å². The number of benzene rings is 2. The lowest BCUT2D eigenvalue weighted by atomic mass is 9.92. The SMILES string of the molecule is Cc1ccc(-c2csc(NC(=O)CN3C(=O)NC(C)(c4ccccc4)C3=O)n2)cc1C. The second-order valence-corrected chi connectivity index (χ2v) is 8.56. The number of carbonyl (C=O) groups excluding carboxylic acids is 3. The molecular weight excluding hydrogens is 412 g/mol. The van der Waals surface area contributed by atoms with Crippen LogP contribution in [0, 0.1) is 13.8 Å². The van der Waals surface area contributed by atoms with Gasteiger partial charge in [-0.2, -0.15) is 0 Å². The van der Waals surface area contributed by atoms with Crippen molar-refractivity contribution < 1.29 is 14.4 Å². The van der Waals surface area contributed by atoms with Crippen LogP contribution in [0.1, 0.15) is 23.6 Å². The quantitative estimate of drug-likeness (QED) is 0.597. The number of imide groups is 1. The molecule has 4 rings (SSSR count). The fourth-order valence-electron chi connectivity index (χ4n) is 3.47. The van der Waals surface area contributed by atoms with E-state index >= 15 is 0 Å². The average molecular weight is 435 g/mol. The summed E-state index contributed by atoms with van der Waals surface area (Å²) in [5.74, 6) is -0.949. The molecule has 1 fully saturated rings. The molecule has 1 atom stereocenters. The van der Waals surface area contributed by atoms with Crippen LogP contribution in [0.15, 0.2) is 53.9 Å². The van der Waals surface area contributed by atoms with Gasteiger partial charge in [0, 0.05) is 10.9 Å². The predicted octanol–water partition coefficient (Wildman–Crippen LogP) is 3.83. The number of aryl methyl sites for hydroxylation is 2. The first kappa shape index (κ1) is 20.7. The molecule has 31 heavy (non-hydrogen) atoms. The minimum Gasteiger partial charge on any atom is -0.319 e. The first-order chi connectivity index (χ1) is 14.8. The highest BCUT2D eigenvalue weighted by Gasteiger charge is 2.49. The highest BCUT2D eigenvalue weighted by Crippen LogP contribution is 2.29. The van der Waals surface area contributed by atoms with Gasteiger partial charge < -0.3 is 10.6 Å². The third kappa shape index (κ3) is 3.94. The molecule has 4 amide bonds. The van der Waals surface area contributed by atoms with E-state index in [1.165, 1.54) is 16.9 Å². The van der Waals surface area contributed by atoms with Crippen LogP contribution in [0.2, 0.25) is 0 Å². The van der Waals surface area contributed by atoms with Crippen LogP contribution in [0.5, 0.6) is 0 Å². The fraction of sp³-hybridized carbons (Fsp3) is 0.217. The van der Waals surface area contributed by atoms with E-state index < -0.39 is 23.4 Å². The van der Waals surface area contributed by atoms with Gasteiger partial charge in [0.15, 0.2) is 5.13 Å². The van der Waals surface area contributed by atoms with Crippen LogP contribution >= 0.6 is 11.3 Å². The highest BCUT2D eigenvalue weighted by atomic mass is 32.1. The van der Waals surface area contributed by atoms with Crippen LogP contribution in [0.4, 0.5) is 9.93 Å². The zero-order chi connectivity index (χ0) is 22.2. The molecule has 1 unspecified atom stereocenters. The number of rotatable bonds is 5. The summed E-state index contributed by atoms with van der Waals surface area (Å²) in [4.78, 5) is 43.3. The van der Waals surface area contributed by atoms with Crippen LogP contribution < -0.4 is 10.6 Å². The van der Waals surface area contributed by atoms with Crippen molar-refractivity contribution in [3.8, 4) is 11.3 Å². The Kier molecular flexibility index (Phi) is 5.32. The average Bonchev–Trinajstić information content (AvgIpc) is 3.29. The lowest BCUT2D eigenvalue weighted by Gasteiger charge is -2.21. The Morgan fingerprint density at radius 2 is 1.87 bits per heavy atom. The Balaban J connectivity index is 1.45. The number of nitrogens with one attached hydrogen (secondary N) is 2. The molecule has 0 saturated carbocycles. The molecule has 0 radical (unpaired) electrons. The van der Waals surface area contributed by atoms with Crippen molar-refractivity contribution in [3.05, 3.63) is 70.6 Å². The van der Waals surface area contributed by atoms with E-state index in [9.17, 15) is 14.4 Å². The molecule has 0 bridgehead atoms. The highest BCUT2D eigenvalue weighted by molar-refractivity contribution is 7.14. The number of urea groups is 1. The summed E-state index contributed by atoms with van der Waals surface area (Å²) in [6.07, 6.45) is 0. The van der Waals surface area contributed by atoms with Gasteiger partial charge in [-0.1, -0.05) is 42.5 Å². The van der Waals surface area contributed by atoms with Crippen molar-refractivity contribution in [2.45, 2.75) is 26.3 Å². The minimum absolute atomic E-state index is 0.383. The molecule has 158 valence electrons. The maximum absolute atomic E-state index is 12.9. The van der Waals surface area contributed by atoms with Crippen molar-refractivity contribution >= 4 is 34.3 Å². The third-order valence-electron chi connectivity index (χ3n) is 5.48. The van der Waals surface area contributed by atoms with Gasteiger partial charge in [0.25, 0.3) is 5.91 Å². The summed E-state index contributed by atoms with van der Waals surface area (Å²) >= 11 is 1.29. The smallest absolute Gasteiger partial charge is 0.319 e. The van der Waals surface area contributed by atoms with Crippen LogP contribution in [-0.4, -0.2) is 34.3 Å². The standard InChI is InChI=1S/C23H22N4O3S/c1-14-9-10-16(11-15(14)2)18-13-31-21(24-18)25-19(28)12-27-20(29)23(3,26-22(27)30)17-7-5-4-6-8-17/h4-11,13H,12H2,1-3H3,(H,26,30)(H,24,25,28). The van der Waals surface area contributed by atoms with Gasteiger partial charge in [-0.25, -0.2) is 9.78 Å². The zero-order valence-corrected chi connectivity index (χ0v) is 18.2. The van der Waals surface area contributed by atoms with E-state index in [0.717, 1.165) is 21.7 Å². The van der Waals surface area contributed by atoms with Crippen molar-refractivity contribution in [3.63, 3.8) is 0 Å². The molecule has 7 nitrogen and oxygen atoms in total. The Morgan fingerprint density at radius 1 is 1.13 bits per heavy atom. The van der Waals surface area contributed by atoms with E-state index in [1.54, 1.807) is 31.2 Å². The number of hydrogen-bond donors (Lipinski definition) is 2. The Labute approximate surface area is 184 Å². The van der Waals surface area contributed by atoms with E-state index in [2.05, 4.69) is 15.6 Å². The Hall–Kier alpha value is -3.52. The van der Waals surface area contributed by atoms with Crippen molar-refractivity contribution in [2.75, 3.05) is 11.9 Å². The molecule has 1 aromatic heterocycles. The van der Waals surface area contributed by atoms with Gasteiger partial charge >= 0.3 is 6.03 Å². The Bertz CT molecular complexity index is 1170. The van der Waals surface area contributed by atoms with Gasteiger partial charge in [-0.05, 0) is 43.5 Å². The number of hydrogen-bond acceptors (Lipinski definition) is 5. The molecule has 1 aliphatic rings. The van der Waals surface area contributed by atoms with Gasteiger partial charge in [0.2, 0.25) is 5.91 Å². The molecule has 0 spiro atoms. The van der Waals surface area contributed by atoms with Crippen molar-refractivity contribution in [2.24, 2.45) is 0 Å². The zero-order valence-electron chi connectivity index (χ0n) is 17.4. The number of nitrogens with zero attached hydrogens (tertiary/aromatic N) is 2. The number of carbonyl (C=O) groups is 3. The lowest BCUT2D eigenvalue weighted by Crippen LogP contribution is -2.42. The van der Waals surface area contributed by atoms with E-state index in [4.69, 9.17) is 0 Å². The monoisotopic (exact) mass is 434 g/mol. The molecule has 2 aromatic carbocycles. The predicted molar refractivity (Wildman–Crippen MR) is 120 cm³/mol. The summed E-state index contributed by atoms with van der Waals surface area (Å²) in [6.45, 7) is 5.34. The molecular formula is C23H22N4O3S. The van der Waals surface area contributed by atoms with E-state index in [0.29, 0.717) is 10.7 Å². The molecule has 8 heteroatoms. The van der Waals surface area contributed by atoms with Crippen molar-refractivity contribution in [1.82, 2.24) is 15.2 Å². The maximum Gasteiger partial charge on any atom is 0.325 e. The number of aromatic nitrogens is 1. The topological polar surface area (TPSA) is 91.4 Å². The fourth-order valence-corrected chi connectivity index (χ4v) is 4.21. The van der Waals surface area contributed by atoms with Crippen molar-refractivity contribution in [1.29, 1.82) is 0 Å². The first-order valence-electron chi connectivity index (χ1n) is 9.80. The number of thiazole rings is 1. The minimum atomic E-state index is -1.20. The van der Waals surface area contributed by atoms with Gasteiger partial charge in [0.1, 0.15) is 12.1 Å². The summed E-state index contributed by atoms with van der Waals surface area (Å²) in [5, 5.41) is 7.66. The van der Waals surface area contributed by atoms with Crippen LogP contribution in [0.3, 0.4) is 0 Å². The molecule has 2 heterocycles. The Morgan fingerprint density at radius 3 is 2.58 bits per heavy atom. The van der Waals surface area contributed by atoms with E-state index in [1.807, 2.05) is 43.5 Å². The lowest BCUT2D eigenvalue weighted by molar-refractivity contribution is -0.133. The third-order valence-corrected chi connectivity index (χ3v) is 6.24. The second-order valence-electron chi connectivity index (χ2n) is 7.70. The molecule has 3 aromatic rings. The second kappa shape index (κ2) is 7.96. The molecule has 0 aliphatic carbocycles. The summed E-state index contributed by atoms with van der Waals surface area (Å²) < 4.78 is 0. The number of anilines is 1. The summed E-state index contributed by atoms with van der Waals surface area (Å²) in [7, 11) is 0.